The van der Waals surface area contributed by atoms with Crippen molar-refractivity contribution in [3.63, 3.8) is 0 Å². The Kier molecular flexibility index (Phi) is 5.43. The first-order valence-corrected chi connectivity index (χ1v) is 5.29. The average molecular weight is 252 g/mol. The van der Waals surface area contributed by atoms with Crippen molar-refractivity contribution in [2.24, 2.45) is 0 Å². The highest BCUT2D eigenvalue weighted by molar-refractivity contribution is 5.07. The number of halogens is 3. The summed E-state index contributed by atoms with van der Waals surface area (Å²) in [7, 11) is 0. The molecule has 0 radical (unpaired) electrons. The maximum atomic E-state index is 11.8. The van der Waals surface area contributed by atoms with Gasteiger partial charge >= 0.3 is 6.18 Å². The smallest absolute Gasteiger partial charge is 0.411 e. The number of nitrogens with zero attached hydrogens (tertiary/aromatic N) is 1. The van der Waals surface area contributed by atoms with E-state index in [2.05, 4.69) is 15.0 Å². The second-order valence-corrected chi connectivity index (χ2v) is 3.42. The molecule has 0 saturated heterocycles. The first-order chi connectivity index (χ1) is 8.03. The second kappa shape index (κ2) is 6.61. The lowest BCUT2D eigenvalue weighted by molar-refractivity contribution is -0.173. The summed E-state index contributed by atoms with van der Waals surface area (Å²) in [5, 5.41) is 3.06. The Morgan fingerprint density at radius 2 is 2.24 bits per heavy atom. The summed E-state index contributed by atoms with van der Waals surface area (Å²) in [4.78, 5) is 3.97. The van der Waals surface area contributed by atoms with Gasteiger partial charge in [-0.3, -0.25) is 0 Å². The van der Waals surface area contributed by atoms with Crippen molar-refractivity contribution in [2.45, 2.75) is 26.1 Å². The Hall–Kier alpha value is -1.08. The number of nitrogens with one attached hydrogen (secondary N) is 1. The van der Waals surface area contributed by atoms with E-state index in [0.717, 1.165) is 6.54 Å². The molecule has 0 saturated carbocycles. The van der Waals surface area contributed by atoms with Gasteiger partial charge in [-0.1, -0.05) is 6.92 Å². The van der Waals surface area contributed by atoms with Crippen LogP contribution in [0.3, 0.4) is 0 Å². The van der Waals surface area contributed by atoms with E-state index < -0.39 is 12.8 Å². The zero-order valence-electron chi connectivity index (χ0n) is 9.51. The molecule has 0 aliphatic heterocycles. The van der Waals surface area contributed by atoms with Crippen LogP contribution in [0.25, 0.3) is 0 Å². The number of ether oxygens (including phenoxy) is 1. The van der Waals surface area contributed by atoms with E-state index in [4.69, 9.17) is 4.42 Å². The standard InChI is InChI=1S/C10H15F3N2O2/c1-2-14-5-8-9(17-7-15-8)3-4-16-6-10(11,12)13/h7,14H,2-6H2,1H3. The summed E-state index contributed by atoms with van der Waals surface area (Å²) in [6.07, 6.45) is -2.71. The molecular weight excluding hydrogens is 237 g/mol. The van der Waals surface area contributed by atoms with E-state index in [1.54, 1.807) is 0 Å². The van der Waals surface area contributed by atoms with Crippen LogP contribution in [0.1, 0.15) is 18.4 Å². The largest absolute Gasteiger partial charge is 0.448 e. The third-order valence-electron chi connectivity index (χ3n) is 2.01. The van der Waals surface area contributed by atoms with E-state index in [1.165, 1.54) is 6.39 Å². The fourth-order valence-corrected chi connectivity index (χ4v) is 1.24. The average Bonchev–Trinajstić information content (AvgIpc) is 2.67. The molecule has 0 unspecified atom stereocenters. The predicted molar refractivity (Wildman–Crippen MR) is 54.5 cm³/mol. The minimum atomic E-state index is -4.28. The number of oxazole rings is 1. The fourth-order valence-electron chi connectivity index (χ4n) is 1.24. The molecule has 0 amide bonds. The predicted octanol–water partition coefficient (Wildman–Crippen LogP) is 1.91. The van der Waals surface area contributed by atoms with Crippen molar-refractivity contribution in [1.29, 1.82) is 0 Å². The molecule has 4 nitrogen and oxygen atoms in total. The van der Waals surface area contributed by atoms with E-state index in [0.29, 0.717) is 18.0 Å². The summed E-state index contributed by atoms with van der Waals surface area (Å²) in [6.45, 7) is 2.02. The van der Waals surface area contributed by atoms with Crippen LogP contribution in [0, 0.1) is 0 Å². The molecule has 0 bridgehead atoms. The zero-order chi connectivity index (χ0) is 12.7. The molecule has 0 atom stereocenters. The number of hydrogen-bond donors (Lipinski definition) is 1. The molecule has 1 N–H and O–H groups in total. The normalized spacial score (nSPS) is 12.0. The van der Waals surface area contributed by atoms with Gasteiger partial charge in [0.15, 0.2) is 6.39 Å². The molecule has 0 aliphatic carbocycles. The van der Waals surface area contributed by atoms with Crippen molar-refractivity contribution in [1.82, 2.24) is 10.3 Å². The SMILES string of the molecule is CCNCc1ncoc1CCOCC(F)(F)F. The number of alkyl halides is 3. The van der Waals surface area contributed by atoms with Crippen LogP contribution in [-0.2, 0) is 17.7 Å². The maximum Gasteiger partial charge on any atom is 0.411 e. The van der Waals surface area contributed by atoms with Crippen molar-refractivity contribution in [3.05, 3.63) is 17.8 Å². The summed E-state index contributed by atoms with van der Waals surface area (Å²) < 4.78 is 45.0. The molecule has 1 rings (SSSR count). The highest BCUT2D eigenvalue weighted by Crippen LogP contribution is 2.15. The van der Waals surface area contributed by atoms with Gasteiger partial charge in [0, 0.05) is 13.0 Å². The molecule has 7 heteroatoms. The van der Waals surface area contributed by atoms with Gasteiger partial charge in [-0.05, 0) is 6.54 Å². The third-order valence-corrected chi connectivity index (χ3v) is 2.01. The van der Waals surface area contributed by atoms with Gasteiger partial charge in [0.1, 0.15) is 12.4 Å². The Balaban J connectivity index is 2.29. The van der Waals surface area contributed by atoms with Gasteiger partial charge in [-0.2, -0.15) is 13.2 Å². The van der Waals surface area contributed by atoms with Crippen LogP contribution in [-0.4, -0.2) is 30.9 Å². The molecule has 98 valence electrons. The van der Waals surface area contributed by atoms with Crippen molar-refractivity contribution < 1.29 is 22.3 Å². The lowest BCUT2D eigenvalue weighted by atomic mass is 10.2. The minimum Gasteiger partial charge on any atom is -0.448 e. The van der Waals surface area contributed by atoms with Crippen LogP contribution in [0.4, 0.5) is 13.2 Å². The molecule has 1 aromatic heterocycles. The molecule has 1 aromatic rings. The van der Waals surface area contributed by atoms with Gasteiger partial charge in [-0.15, -0.1) is 0 Å². The van der Waals surface area contributed by atoms with E-state index in [1.807, 2.05) is 6.92 Å². The first kappa shape index (κ1) is 14.0. The lowest BCUT2D eigenvalue weighted by Crippen LogP contribution is -2.18. The van der Waals surface area contributed by atoms with Crippen LogP contribution in [0.2, 0.25) is 0 Å². The van der Waals surface area contributed by atoms with Crippen molar-refractivity contribution in [3.8, 4) is 0 Å². The van der Waals surface area contributed by atoms with E-state index in [9.17, 15) is 13.2 Å². The Morgan fingerprint density at radius 1 is 1.47 bits per heavy atom. The Labute approximate surface area is 97.2 Å². The summed E-state index contributed by atoms with van der Waals surface area (Å²) in [6, 6.07) is 0. The molecule has 17 heavy (non-hydrogen) atoms. The molecular formula is C10H15F3N2O2. The molecule has 0 fully saturated rings. The molecule has 0 aromatic carbocycles. The highest BCUT2D eigenvalue weighted by Gasteiger charge is 2.27. The van der Waals surface area contributed by atoms with Gasteiger partial charge in [0.05, 0.1) is 12.3 Å². The van der Waals surface area contributed by atoms with Gasteiger partial charge in [0.25, 0.3) is 0 Å². The minimum absolute atomic E-state index is 0.0339. The zero-order valence-corrected chi connectivity index (χ0v) is 9.51. The highest BCUT2D eigenvalue weighted by atomic mass is 19.4. The topological polar surface area (TPSA) is 47.3 Å². The van der Waals surface area contributed by atoms with E-state index >= 15 is 0 Å². The lowest BCUT2D eigenvalue weighted by Gasteiger charge is -2.07. The summed E-state index contributed by atoms with van der Waals surface area (Å²) in [5.41, 5.74) is 0.711. The van der Waals surface area contributed by atoms with Gasteiger partial charge in [0.2, 0.25) is 0 Å². The van der Waals surface area contributed by atoms with Gasteiger partial charge < -0.3 is 14.5 Å². The van der Waals surface area contributed by atoms with Crippen molar-refractivity contribution >= 4 is 0 Å². The van der Waals surface area contributed by atoms with Crippen LogP contribution < -0.4 is 5.32 Å². The quantitative estimate of drug-likeness (QED) is 0.753. The summed E-state index contributed by atoms with van der Waals surface area (Å²) >= 11 is 0. The second-order valence-electron chi connectivity index (χ2n) is 3.42. The van der Waals surface area contributed by atoms with Crippen LogP contribution in [0.5, 0.6) is 0 Å². The number of rotatable bonds is 7. The monoisotopic (exact) mass is 252 g/mol. The number of aromatic nitrogens is 1. The van der Waals surface area contributed by atoms with Crippen molar-refractivity contribution in [2.75, 3.05) is 19.8 Å². The fraction of sp³-hybridized carbons (Fsp3) is 0.700. The maximum absolute atomic E-state index is 11.8. The van der Waals surface area contributed by atoms with E-state index in [-0.39, 0.29) is 13.0 Å². The summed E-state index contributed by atoms with van der Waals surface area (Å²) in [5.74, 6) is 0.563. The number of hydrogen-bond acceptors (Lipinski definition) is 4. The molecule has 1 heterocycles. The molecule has 0 aliphatic rings. The van der Waals surface area contributed by atoms with Gasteiger partial charge in [-0.25, -0.2) is 4.98 Å². The Bertz CT molecular complexity index is 326. The van der Waals surface area contributed by atoms with Crippen LogP contribution in [0.15, 0.2) is 10.8 Å². The van der Waals surface area contributed by atoms with Crippen LogP contribution >= 0.6 is 0 Å². The molecule has 0 spiro atoms. The Morgan fingerprint density at radius 3 is 2.88 bits per heavy atom. The third kappa shape index (κ3) is 5.69. The first-order valence-electron chi connectivity index (χ1n) is 5.29.